The van der Waals surface area contributed by atoms with Gasteiger partial charge in [0.05, 0.1) is 34.4 Å². The summed E-state index contributed by atoms with van der Waals surface area (Å²) >= 11 is 5.95. The maximum Gasteiger partial charge on any atom is 0.271 e. The number of rotatable bonds is 9. The molecule has 0 saturated carbocycles. The van der Waals surface area contributed by atoms with Crippen molar-refractivity contribution in [2.24, 2.45) is 0 Å². The third-order valence-corrected chi connectivity index (χ3v) is 4.35. The van der Waals surface area contributed by atoms with Crippen molar-refractivity contribution in [2.45, 2.75) is 13.3 Å². The molecule has 31 heavy (non-hydrogen) atoms. The quantitative estimate of drug-likeness (QED) is 0.336. The van der Waals surface area contributed by atoms with Crippen LogP contribution in [0.15, 0.2) is 30.3 Å². The number of nitrogens with zero attached hydrogens (tertiary/aromatic N) is 2. The van der Waals surface area contributed by atoms with Crippen LogP contribution in [0.3, 0.4) is 0 Å². The summed E-state index contributed by atoms with van der Waals surface area (Å²) in [6, 6.07) is 5.11. The lowest BCUT2D eigenvalue weighted by Crippen LogP contribution is -2.39. The van der Waals surface area contributed by atoms with E-state index in [-0.39, 0.29) is 29.5 Å². The molecule has 0 aromatic heterocycles. The Hall–Kier alpha value is -3.18. The Labute approximate surface area is 180 Å². The fourth-order valence-corrected chi connectivity index (χ4v) is 2.83. The SMILES string of the molecule is CCCN(CC(=O)Nc1cc([N+](=O)[O-])ccc1Cl)CC(=O)Nc1ccc(F)c(F)c1F. The average molecular weight is 459 g/mol. The van der Waals surface area contributed by atoms with Crippen LogP contribution in [-0.2, 0) is 9.59 Å². The molecule has 0 radical (unpaired) electrons. The zero-order chi connectivity index (χ0) is 23.1. The zero-order valence-corrected chi connectivity index (χ0v) is 17.0. The lowest BCUT2D eigenvalue weighted by atomic mass is 10.2. The van der Waals surface area contributed by atoms with E-state index in [1.165, 1.54) is 17.0 Å². The number of halogens is 4. The second-order valence-electron chi connectivity index (χ2n) is 6.45. The first-order valence-electron chi connectivity index (χ1n) is 9.01. The van der Waals surface area contributed by atoms with Crippen LogP contribution in [0.2, 0.25) is 5.02 Å². The Kier molecular flexibility index (Phi) is 8.34. The van der Waals surface area contributed by atoms with Crippen molar-refractivity contribution >= 4 is 40.5 Å². The molecule has 2 aromatic rings. The highest BCUT2D eigenvalue weighted by molar-refractivity contribution is 6.33. The minimum absolute atomic E-state index is 0.0330. The van der Waals surface area contributed by atoms with E-state index >= 15 is 0 Å². The molecule has 0 unspecified atom stereocenters. The number of non-ortho nitro benzene ring substituents is 1. The Balaban J connectivity index is 2.03. The molecule has 0 bridgehead atoms. The van der Waals surface area contributed by atoms with E-state index in [0.717, 1.165) is 12.1 Å². The summed E-state index contributed by atoms with van der Waals surface area (Å²) < 4.78 is 40.0. The Morgan fingerprint density at radius 1 is 1.03 bits per heavy atom. The molecule has 166 valence electrons. The molecule has 0 heterocycles. The third kappa shape index (κ3) is 6.66. The largest absolute Gasteiger partial charge is 0.323 e. The van der Waals surface area contributed by atoms with Crippen LogP contribution >= 0.6 is 11.6 Å². The van der Waals surface area contributed by atoms with Gasteiger partial charge in [0.25, 0.3) is 5.69 Å². The average Bonchev–Trinajstić information content (AvgIpc) is 2.70. The van der Waals surface area contributed by atoms with E-state index in [9.17, 15) is 32.9 Å². The molecule has 8 nitrogen and oxygen atoms in total. The van der Waals surface area contributed by atoms with Crippen molar-refractivity contribution in [3.8, 4) is 0 Å². The highest BCUT2D eigenvalue weighted by Crippen LogP contribution is 2.26. The van der Waals surface area contributed by atoms with Gasteiger partial charge in [-0.1, -0.05) is 18.5 Å². The van der Waals surface area contributed by atoms with E-state index < -0.39 is 39.9 Å². The molecule has 2 aromatic carbocycles. The van der Waals surface area contributed by atoms with Gasteiger partial charge in [0.2, 0.25) is 11.8 Å². The van der Waals surface area contributed by atoms with Crippen LogP contribution in [0.25, 0.3) is 0 Å². The van der Waals surface area contributed by atoms with Crippen molar-refractivity contribution in [1.82, 2.24) is 4.90 Å². The topological polar surface area (TPSA) is 105 Å². The smallest absolute Gasteiger partial charge is 0.271 e. The fourth-order valence-electron chi connectivity index (χ4n) is 2.66. The number of amides is 2. The first kappa shape index (κ1) is 24.1. The normalized spacial score (nSPS) is 10.8. The van der Waals surface area contributed by atoms with Crippen molar-refractivity contribution < 1.29 is 27.7 Å². The lowest BCUT2D eigenvalue weighted by molar-refractivity contribution is -0.384. The number of hydrogen-bond acceptors (Lipinski definition) is 5. The van der Waals surface area contributed by atoms with Crippen LogP contribution in [0, 0.1) is 27.6 Å². The van der Waals surface area contributed by atoms with Gasteiger partial charge in [0.15, 0.2) is 17.5 Å². The van der Waals surface area contributed by atoms with Gasteiger partial charge < -0.3 is 10.6 Å². The maximum absolute atomic E-state index is 13.7. The minimum atomic E-state index is -1.71. The van der Waals surface area contributed by atoms with Crippen molar-refractivity contribution in [3.63, 3.8) is 0 Å². The number of carbonyl (C=O) groups excluding carboxylic acids is 2. The van der Waals surface area contributed by atoms with Crippen molar-refractivity contribution in [1.29, 1.82) is 0 Å². The molecule has 2 amide bonds. The van der Waals surface area contributed by atoms with E-state index in [2.05, 4.69) is 10.6 Å². The monoisotopic (exact) mass is 458 g/mol. The number of nitrogens with one attached hydrogen (secondary N) is 2. The van der Waals surface area contributed by atoms with Gasteiger partial charge in [-0.3, -0.25) is 24.6 Å². The summed E-state index contributed by atoms with van der Waals surface area (Å²) in [6.07, 6.45) is 0.567. The maximum atomic E-state index is 13.7. The van der Waals surface area contributed by atoms with Crippen molar-refractivity contribution in [3.05, 3.63) is 62.9 Å². The van der Waals surface area contributed by atoms with Crippen LogP contribution in [0.5, 0.6) is 0 Å². The highest BCUT2D eigenvalue weighted by atomic mass is 35.5. The highest BCUT2D eigenvalue weighted by Gasteiger charge is 2.19. The fraction of sp³-hybridized carbons (Fsp3) is 0.263. The van der Waals surface area contributed by atoms with E-state index in [1.807, 2.05) is 0 Å². The molecule has 0 fully saturated rings. The first-order chi connectivity index (χ1) is 14.6. The number of nitro groups is 1. The third-order valence-electron chi connectivity index (χ3n) is 4.02. The van der Waals surface area contributed by atoms with Gasteiger partial charge in [-0.2, -0.15) is 0 Å². The predicted octanol–water partition coefficient (Wildman–Crippen LogP) is 3.95. The molecule has 0 aliphatic rings. The summed E-state index contributed by atoms with van der Waals surface area (Å²) in [7, 11) is 0. The number of benzene rings is 2. The summed E-state index contributed by atoms with van der Waals surface area (Å²) in [6.45, 7) is 1.49. The van der Waals surface area contributed by atoms with Gasteiger partial charge in [-0.05, 0) is 31.2 Å². The first-order valence-corrected chi connectivity index (χ1v) is 9.39. The second-order valence-corrected chi connectivity index (χ2v) is 6.86. The van der Waals surface area contributed by atoms with Crippen LogP contribution in [-0.4, -0.2) is 41.3 Å². The zero-order valence-electron chi connectivity index (χ0n) is 16.3. The van der Waals surface area contributed by atoms with Crippen LogP contribution in [0.4, 0.5) is 30.2 Å². The molecular weight excluding hydrogens is 441 g/mol. The number of nitro benzene ring substituents is 1. The molecule has 0 spiro atoms. The predicted molar refractivity (Wildman–Crippen MR) is 108 cm³/mol. The molecule has 0 aliphatic heterocycles. The standard InChI is InChI=1S/C19H18ClF3N4O4/c1-2-7-26(9-16(28)24-14-6-5-13(21)18(22)19(14)23)10-17(29)25-15-8-11(27(30)31)3-4-12(15)20/h3-6,8H,2,7,9-10H2,1H3,(H,24,28)(H,25,29). The van der Waals surface area contributed by atoms with Crippen molar-refractivity contribution in [2.75, 3.05) is 30.3 Å². The number of hydrogen-bond donors (Lipinski definition) is 2. The number of carbonyl (C=O) groups is 2. The summed E-state index contributed by atoms with van der Waals surface area (Å²) in [5.74, 6) is -5.98. The Bertz CT molecular complexity index is 1010. The van der Waals surface area contributed by atoms with Gasteiger partial charge in [0, 0.05) is 12.1 Å². The molecule has 2 N–H and O–H groups in total. The van der Waals surface area contributed by atoms with E-state index in [4.69, 9.17) is 11.6 Å². The Morgan fingerprint density at radius 2 is 1.65 bits per heavy atom. The number of anilines is 2. The minimum Gasteiger partial charge on any atom is -0.323 e. The van der Waals surface area contributed by atoms with Crippen LogP contribution in [0.1, 0.15) is 13.3 Å². The molecule has 2 rings (SSSR count). The molecule has 12 heteroatoms. The lowest BCUT2D eigenvalue weighted by Gasteiger charge is -2.21. The molecular formula is C19H18ClF3N4O4. The molecule has 0 atom stereocenters. The van der Waals surface area contributed by atoms with Crippen LogP contribution < -0.4 is 10.6 Å². The molecule has 0 saturated heterocycles. The van der Waals surface area contributed by atoms with E-state index in [1.54, 1.807) is 6.92 Å². The second kappa shape index (κ2) is 10.7. The summed E-state index contributed by atoms with van der Waals surface area (Å²) in [5, 5.41) is 15.5. The Morgan fingerprint density at radius 3 is 2.23 bits per heavy atom. The van der Waals surface area contributed by atoms with E-state index in [0.29, 0.717) is 19.0 Å². The van der Waals surface area contributed by atoms with Gasteiger partial charge in [-0.25, -0.2) is 13.2 Å². The van der Waals surface area contributed by atoms with Gasteiger partial charge in [0.1, 0.15) is 0 Å². The van der Waals surface area contributed by atoms with Gasteiger partial charge in [-0.15, -0.1) is 0 Å². The summed E-state index contributed by atoms with van der Waals surface area (Å²) in [5.41, 5.74) is -0.767. The summed E-state index contributed by atoms with van der Waals surface area (Å²) in [4.78, 5) is 36.2. The molecule has 0 aliphatic carbocycles. The van der Waals surface area contributed by atoms with Gasteiger partial charge >= 0.3 is 0 Å².